The number of hydrogen-bond acceptors (Lipinski definition) is 4. The second-order valence-corrected chi connectivity index (χ2v) is 4.54. The molecule has 0 spiro atoms. The molecule has 0 saturated carbocycles. The molecule has 5 nitrogen and oxygen atoms in total. The molecular weight excluding hydrogens is 242 g/mol. The first kappa shape index (κ1) is 15.5. The zero-order valence-corrected chi connectivity index (χ0v) is 11.4. The average molecular weight is 265 g/mol. The van der Waals surface area contributed by atoms with Gasteiger partial charge in [0.2, 0.25) is 0 Å². The van der Waals surface area contributed by atoms with E-state index in [4.69, 9.17) is 16.0 Å². The maximum Gasteiger partial charge on any atom is 0.170 e. The number of benzene rings is 1. The van der Waals surface area contributed by atoms with E-state index in [2.05, 4.69) is 17.0 Å². The van der Waals surface area contributed by atoms with Gasteiger partial charge in [0.05, 0.1) is 6.61 Å². The van der Waals surface area contributed by atoms with Crippen LogP contribution in [0.4, 0.5) is 0 Å². The summed E-state index contributed by atoms with van der Waals surface area (Å²) in [6, 6.07) is 7.61. The lowest BCUT2D eigenvalue weighted by atomic mass is 10.1. The molecule has 0 bridgehead atoms. The lowest BCUT2D eigenvalue weighted by Crippen LogP contribution is -2.27. The molecule has 0 saturated heterocycles. The summed E-state index contributed by atoms with van der Waals surface area (Å²) in [4.78, 5) is 2.20. The van der Waals surface area contributed by atoms with E-state index >= 15 is 0 Å². The molecule has 0 aliphatic rings. The molecule has 0 unspecified atom stereocenters. The second-order valence-electron chi connectivity index (χ2n) is 4.54. The van der Waals surface area contributed by atoms with Gasteiger partial charge in [0.15, 0.2) is 5.84 Å². The Hall–Kier alpha value is -1.59. The van der Waals surface area contributed by atoms with Crippen LogP contribution in [0.15, 0.2) is 29.4 Å². The summed E-state index contributed by atoms with van der Waals surface area (Å²) in [5.41, 5.74) is 7.38. The fraction of sp³-hybridized carbons (Fsp3) is 0.500. The van der Waals surface area contributed by atoms with E-state index in [1.165, 1.54) is 0 Å². The fourth-order valence-electron chi connectivity index (χ4n) is 1.94. The summed E-state index contributed by atoms with van der Waals surface area (Å²) in [5.74, 6) is 0.115. The van der Waals surface area contributed by atoms with Gasteiger partial charge < -0.3 is 16.0 Å². The monoisotopic (exact) mass is 265 g/mol. The highest BCUT2D eigenvalue weighted by atomic mass is 16.4. The average Bonchev–Trinajstić information content (AvgIpc) is 2.44. The summed E-state index contributed by atoms with van der Waals surface area (Å²) in [6.45, 7) is 4.69. The van der Waals surface area contributed by atoms with Crippen LogP contribution in [0, 0.1) is 0 Å². The van der Waals surface area contributed by atoms with E-state index in [0.29, 0.717) is 12.1 Å². The van der Waals surface area contributed by atoms with Crippen molar-refractivity contribution in [1.82, 2.24) is 4.90 Å². The van der Waals surface area contributed by atoms with Crippen LogP contribution in [-0.2, 0) is 6.54 Å². The van der Waals surface area contributed by atoms with Crippen molar-refractivity contribution in [3.05, 3.63) is 35.4 Å². The summed E-state index contributed by atoms with van der Waals surface area (Å²) >= 11 is 0. The lowest BCUT2D eigenvalue weighted by Gasteiger charge is -2.21. The lowest BCUT2D eigenvalue weighted by molar-refractivity contribution is 0.188. The van der Waals surface area contributed by atoms with Crippen LogP contribution in [0.3, 0.4) is 0 Å². The van der Waals surface area contributed by atoms with Crippen molar-refractivity contribution in [2.75, 3.05) is 19.7 Å². The molecular formula is C14H23N3O2. The van der Waals surface area contributed by atoms with Gasteiger partial charge in [-0.1, -0.05) is 36.7 Å². The largest absolute Gasteiger partial charge is 0.409 e. The van der Waals surface area contributed by atoms with Gasteiger partial charge in [-0.25, -0.2) is 0 Å². The van der Waals surface area contributed by atoms with E-state index < -0.39 is 0 Å². The highest BCUT2D eigenvalue weighted by molar-refractivity contribution is 5.97. The minimum absolute atomic E-state index is 0.115. The molecule has 0 fully saturated rings. The maximum atomic E-state index is 9.08. The minimum atomic E-state index is 0.115. The number of aliphatic hydroxyl groups is 1. The van der Waals surface area contributed by atoms with Crippen LogP contribution in [-0.4, -0.2) is 40.7 Å². The Kier molecular flexibility index (Phi) is 6.92. The third kappa shape index (κ3) is 5.28. The summed E-state index contributed by atoms with van der Waals surface area (Å²) in [7, 11) is 0. The Morgan fingerprint density at radius 2 is 2.16 bits per heavy atom. The highest BCUT2D eigenvalue weighted by Crippen LogP contribution is 2.09. The number of hydrogen-bond donors (Lipinski definition) is 3. The van der Waals surface area contributed by atoms with Gasteiger partial charge >= 0.3 is 0 Å². The van der Waals surface area contributed by atoms with Crippen molar-refractivity contribution in [1.29, 1.82) is 0 Å². The zero-order valence-electron chi connectivity index (χ0n) is 11.4. The summed E-state index contributed by atoms with van der Waals surface area (Å²) in [6.07, 6.45) is 2.24. The first-order valence-electron chi connectivity index (χ1n) is 6.61. The van der Waals surface area contributed by atoms with Gasteiger partial charge in [0.1, 0.15) is 0 Å². The number of unbranched alkanes of at least 4 members (excludes halogenated alkanes) is 1. The minimum Gasteiger partial charge on any atom is -0.409 e. The number of oxime groups is 1. The number of amidine groups is 1. The molecule has 0 aliphatic heterocycles. The summed E-state index contributed by atoms with van der Waals surface area (Å²) in [5, 5.41) is 20.8. The third-order valence-corrected chi connectivity index (χ3v) is 2.98. The first-order chi connectivity index (χ1) is 9.21. The molecule has 0 aromatic heterocycles. The van der Waals surface area contributed by atoms with Gasteiger partial charge in [-0.2, -0.15) is 0 Å². The molecule has 0 heterocycles. The van der Waals surface area contributed by atoms with E-state index in [1.807, 2.05) is 18.2 Å². The molecule has 0 amide bonds. The SMILES string of the molecule is CCCCN(CCO)Cc1cccc(C(N)=NO)c1. The van der Waals surface area contributed by atoms with Crippen LogP contribution in [0.25, 0.3) is 0 Å². The number of nitrogens with zero attached hydrogens (tertiary/aromatic N) is 2. The summed E-state index contributed by atoms with van der Waals surface area (Å²) < 4.78 is 0. The van der Waals surface area contributed by atoms with Crippen molar-refractivity contribution in [3.63, 3.8) is 0 Å². The Morgan fingerprint density at radius 1 is 1.37 bits per heavy atom. The van der Waals surface area contributed by atoms with Gasteiger partial charge in [0, 0.05) is 18.7 Å². The van der Waals surface area contributed by atoms with Crippen molar-refractivity contribution in [3.8, 4) is 0 Å². The quantitative estimate of drug-likeness (QED) is 0.287. The normalized spacial score (nSPS) is 12.1. The molecule has 0 aliphatic carbocycles. The van der Waals surface area contributed by atoms with Gasteiger partial charge in [-0.05, 0) is 24.6 Å². The number of rotatable bonds is 8. The molecule has 1 rings (SSSR count). The molecule has 5 heteroatoms. The molecule has 0 radical (unpaired) electrons. The number of nitrogens with two attached hydrogens (primary N) is 1. The van der Waals surface area contributed by atoms with Crippen LogP contribution >= 0.6 is 0 Å². The Bertz CT molecular complexity index is 407. The third-order valence-electron chi connectivity index (χ3n) is 2.98. The van der Waals surface area contributed by atoms with E-state index in [9.17, 15) is 0 Å². The van der Waals surface area contributed by atoms with E-state index in [-0.39, 0.29) is 12.4 Å². The topological polar surface area (TPSA) is 82.1 Å². The predicted molar refractivity (Wildman–Crippen MR) is 76.2 cm³/mol. The highest BCUT2D eigenvalue weighted by Gasteiger charge is 2.06. The molecule has 1 aromatic rings. The molecule has 19 heavy (non-hydrogen) atoms. The van der Waals surface area contributed by atoms with Crippen LogP contribution in [0.2, 0.25) is 0 Å². The van der Waals surface area contributed by atoms with Crippen molar-refractivity contribution >= 4 is 5.84 Å². The molecule has 4 N–H and O–H groups in total. The van der Waals surface area contributed by atoms with Gasteiger partial charge in [-0.3, -0.25) is 4.90 Å². The van der Waals surface area contributed by atoms with Crippen molar-refractivity contribution in [2.45, 2.75) is 26.3 Å². The van der Waals surface area contributed by atoms with Crippen LogP contribution in [0.5, 0.6) is 0 Å². The van der Waals surface area contributed by atoms with Crippen molar-refractivity contribution in [2.24, 2.45) is 10.9 Å². The molecule has 0 atom stereocenters. The first-order valence-corrected chi connectivity index (χ1v) is 6.61. The van der Waals surface area contributed by atoms with Gasteiger partial charge in [0.25, 0.3) is 0 Å². The Balaban J connectivity index is 2.72. The van der Waals surface area contributed by atoms with Crippen LogP contribution < -0.4 is 5.73 Å². The predicted octanol–water partition coefficient (Wildman–Crippen LogP) is 1.38. The second kappa shape index (κ2) is 8.50. The Labute approximate surface area is 114 Å². The van der Waals surface area contributed by atoms with Crippen molar-refractivity contribution < 1.29 is 10.3 Å². The Morgan fingerprint density at radius 3 is 2.79 bits per heavy atom. The standard InChI is InChI=1S/C14H23N3O2/c1-2-3-7-17(8-9-18)11-12-5-4-6-13(10-12)14(15)16-19/h4-6,10,18-19H,2-3,7-9,11H2,1H3,(H2,15,16). The molecule has 1 aromatic carbocycles. The number of aliphatic hydroxyl groups excluding tert-OH is 1. The molecule has 106 valence electrons. The smallest absolute Gasteiger partial charge is 0.170 e. The van der Waals surface area contributed by atoms with E-state index in [0.717, 1.165) is 31.5 Å². The van der Waals surface area contributed by atoms with Gasteiger partial charge in [-0.15, -0.1) is 0 Å². The van der Waals surface area contributed by atoms with E-state index in [1.54, 1.807) is 6.07 Å². The zero-order chi connectivity index (χ0) is 14.1. The fourth-order valence-corrected chi connectivity index (χ4v) is 1.94. The maximum absolute atomic E-state index is 9.08. The van der Waals surface area contributed by atoms with Crippen LogP contribution in [0.1, 0.15) is 30.9 Å².